The third kappa shape index (κ3) is 4.09. The molecule has 1 rings (SSSR count). The maximum Gasteiger partial charge on any atom is 0.193 e. The Bertz CT molecular complexity index is 438. The molecule has 3 heteroatoms. The fraction of sp³-hybridized carbons (Fsp3) is 0.647. The van der Waals surface area contributed by atoms with Crippen molar-refractivity contribution in [3.05, 3.63) is 36.3 Å². The van der Waals surface area contributed by atoms with Gasteiger partial charge in [0.1, 0.15) is 17.6 Å². The molecule has 0 radical (unpaired) electrons. The van der Waals surface area contributed by atoms with Crippen LogP contribution >= 0.6 is 0 Å². The molecule has 0 amide bonds. The quantitative estimate of drug-likeness (QED) is 0.494. The number of allylic oxidation sites excluding steroid dienone is 1. The number of furan rings is 1. The van der Waals surface area contributed by atoms with Gasteiger partial charge in [-0.05, 0) is 36.2 Å². The predicted octanol–water partition coefficient (Wildman–Crippen LogP) is 5.73. The Morgan fingerprint density at radius 1 is 1.30 bits per heavy atom. The molecule has 2 nitrogen and oxygen atoms in total. The minimum absolute atomic E-state index is 0.0365. The van der Waals surface area contributed by atoms with E-state index in [4.69, 9.17) is 8.84 Å². The molecule has 0 spiro atoms. The van der Waals surface area contributed by atoms with Crippen LogP contribution < -0.4 is 0 Å². The largest absolute Gasteiger partial charge is 0.463 e. The summed E-state index contributed by atoms with van der Waals surface area (Å²) in [5.74, 6) is 2.30. The summed E-state index contributed by atoms with van der Waals surface area (Å²) in [6, 6.07) is 4.08. The van der Waals surface area contributed by atoms with Gasteiger partial charge in [-0.1, -0.05) is 40.7 Å². The van der Waals surface area contributed by atoms with E-state index in [-0.39, 0.29) is 11.1 Å². The monoisotopic (exact) mass is 294 g/mol. The molecule has 0 aliphatic carbocycles. The second-order valence-corrected chi connectivity index (χ2v) is 12.1. The summed E-state index contributed by atoms with van der Waals surface area (Å²) in [5.41, 5.74) is 0. The Hall–Kier alpha value is -0.803. The molecule has 0 aromatic carbocycles. The van der Waals surface area contributed by atoms with E-state index in [1.807, 2.05) is 12.1 Å². The van der Waals surface area contributed by atoms with Gasteiger partial charge < -0.3 is 8.84 Å². The summed E-state index contributed by atoms with van der Waals surface area (Å²) in [4.78, 5) is 0. The zero-order chi connectivity index (χ0) is 15.6. The van der Waals surface area contributed by atoms with Crippen LogP contribution in [0.15, 0.2) is 29.2 Å². The van der Waals surface area contributed by atoms with E-state index in [1.165, 1.54) is 0 Å². The Morgan fingerprint density at radius 2 is 1.90 bits per heavy atom. The average molecular weight is 295 g/mol. The second-order valence-electron chi connectivity index (χ2n) is 7.34. The average Bonchev–Trinajstić information content (AvgIpc) is 2.73. The van der Waals surface area contributed by atoms with Crippen molar-refractivity contribution < 1.29 is 8.84 Å². The van der Waals surface area contributed by atoms with Crippen molar-refractivity contribution in [2.75, 3.05) is 0 Å². The first-order valence-corrected chi connectivity index (χ1v) is 10.4. The lowest BCUT2D eigenvalue weighted by Crippen LogP contribution is -2.42. The Kier molecular flexibility index (Phi) is 5.44. The van der Waals surface area contributed by atoms with E-state index in [0.717, 1.165) is 17.9 Å². The highest BCUT2D eigenvalue weighted by Crippen LogP contribution is 2.41. The molecule has 0 fully saturated rings. The molecule has 0 N–H and O–H groups in total. The summed E-state index contributed by atoms with van der Waals surface area (Å²) in [5, 5.41) is 0.205. The van der Waals surface area contributed by atoms with Crippen LogP contribution in [0.25, 0.3) is 0 Å². The molecule has 20 heavy (non-hydrogen) atoms. The molecule has 114 valence electrons. The van der Waals surface area contributed by atoms with Gasteiger partial charge in [0.05, 0.1) is 0 Å². The molecule has 1 atom stereocenters. The predicted molar refractivity (Wildman–Crippen MR) is 88.5 cm³/mol. The van der Waals surface area contributed by atoms with E-state index in [1.54, 1.807) is 0 Å². The molecule has 0 bridgehead atoms. The van der Waals surface area contributed by atoms with E-state index in [2.05, 4.69) is 60.4 Å². The standard InChI is InChI=1S/C17H30O2Si/c1-9-10-14-11-12-15(18-14)16(13(2)3)19-20(7,8)17(4,5)6/h9,11-13,16H,1,10H2,2-8H3. The van der Waals surface area contributed by atoms with E-state index in [0.29, 0.717) is 5.92 Å². The van der Waals surface area contributed by atoms with Gasteiger partial charge in [-0.25, -0.2) is 0 Å². The molecular formula is C17H30O2Si. The van der Waals surface area contributed by atoms with Gasteiger partial charge in [-0.15, -0.1) is 6.58 Å². The van der Waals surface area contributed by atoms with Crippen molar-refractivity contribution in [2.45, 2.75) is 65.3 Å². The molecule has 0 saturated heterocycles. The zero-order valence-corrected chi connectivity index (χ0v) is 15.1. The Labute approximate surface area is 125 Å². The molecule has 0 aliphatic rings. The van der Waals surface area contributed by atoms with Crippen molar-refractivity contribution in [3.63, 3.8) is 0 Å². The highest BCUT2D eigenvalue weighted by atomic mass is 28.4. The van der Waals surface area contributed by atoms with Gasteiger partial charge in [0, 0.05) is 6.42 Å². The third-order valence-electron chi connectivity index (χ3n) is 4.14. The minimum atomic E-state index is -1.80. The fourth-order valence-electron chi connectivity index (χ4n) is 1.82. The summed E-state index contributed by atoms with van der Waals surface area (Å²) >= 11 is 0. The van der Waals surface area contributed by atoms with E-state index in [9.17, 15) is 0 Å². The third-order valence-corrected chi connectivity index (χ3v) is 8.60. The van der Waals surface area contributed by atoms with E-state index < -0.39 is 8.32 Å². The van der Waals surface area contributed by atoms with Gasteiger partial charge >= 0.3 is 0 Å². The molecule has 1 unspecified atom stereocenters. The summed E-state index contributed by atoms with van der Waals surface area (Å²) in [7, 11) is -1.80. The lowest BCUT2D eigenvalue weighted by atomic mass is 10.1. The maximum atomic E-state index is 6.56. The highest BCUT2D eigenvalue weighted by molar-refractivity contribution is 6.74. The first kappa shape index (κ1) is 17.2. The van der Waals surface area contributed by atoms with Crippen LogP contribution in [0.4, 0.5) is 0 Å². The van der Waals surface area contributed by atoms with E-state index >= 15 is 0 Å². The van der Waals surface area contributed by atoms with Crippen LogP contribution in [-0.2, 0) is 10.8 Å². The van der Waals surface area contributed by atoms with Crippen molar-refractivity contribution in [3.8, 4) is 0 Å². The van der Waals surface area contributed by atoms with Gasteiger partial charge in [0.15, 0.2) is 8.32 Å². The molecular weight excluding hydrogens is 264 g/mol. The van der Waals surface area contributed by atoms with Crippen LogP contribution in [0.1, 0.15) is 52.2 Å². The van der Waals surface area contributed by atoms with Gasteiger partial charge in [0.25, 0.3) is 0 Å². The molecule has 1 aromatic rings. The number of hydrogen-bond acceptors (Lipinski definition) is 2. The molecule has 1 heterocycles. The van der Waals surface area contributed by atoms with Crippen LogP contribution in [-0.4, -0.2) is 8.32 Å². The van der Waals surface area contributed by atoms with Crippen molar-refractivity contribution in [1.82, 2.24) is 0 Å². The first-order valence-electron chi connectivity index (χ1n) is 7.46. The number of hydrogen-bond donors (Lipinski definition) is 0. The van der Waals surface area contributed by atoms with Crippen LogP contribution in [0, 0.1) is 5.92 Å². The van der Waals surface area contributed by atoms with Crippen LogP contribution in [0.5, 0.6) is 0 Å². The lowest BCUT2D eigenvalue weighted by molar-refractivity contribution is 0.110. The Morgan fingerprint density at radius 3 is 2.35 bits per heavy atom. The minimum Gasteiger partial charge on any atom is -0.463 e. The number of rotatable bonds is 6. The highest BCUT2D eigenvalue weighted by Gasteiger charge is 2.40. The molecule has 0 aliphatic heterocycles. The van der Waals surface area contributed by atoms with Crippen molar-refractivity contribution in [1.29, 1.82) is 0 Å². The topological polar surface area (TPSA) is 22.4 Å². The summed E-state index contributed by atoms with van der Waals surface area (Å²) < 4.78 is 12.5. The normalized spacial score (nSPS) is 14.6. The van der Waals surface area contributed by atoms with Gasteiger partial charge in [-0.3, -0.25) is 0 Å². The van der Waals surface area contributed by atoms with Gasteiger partial charge in [0.2, 0.25) is 0 Å². The second kappa shape index (κ2) is 6.31. The SMILES string of the molecule is C=CCc1ccc(C(O[Si](C)(C)C(C)(C)C)C(C)C)o1. The molecule has 0 saturated carbocycles. The van der Waals surface area contributed by atoms with Crippen molar-refractivity contribution in [2.24, 2.45) is 5.92 Å². The zero-order valence-electron chi connectivity index (χ0n) is 14.1. The summed E-state index contributed by atoms with van der Waals surface area (Å²) in [6.07, 6.45) is 2.67. The lowest BCUT2D eigenvalue weighted by Gasteiger charge is -2.39. The fourth-order valence-corrected chi connectivity index (χ4v) is 3.19. The first-order chi connectivity index (χ1) is 9.08. The van der Waals surface area contributed by atoms with Gasteiger partial charge in [-0.2, -0.15) is 0 Å². The van der Waals surface area contributed by atoms with Crippen molar-refractivity contribution >= 4 is 8.32 Å². The smallest absolute Gasteiger partial charge is 0.193 e. The summed E-state index contributed by atoms with van der Waals surface area (Å²) in [6.45, 7) is 19.5. The molecule has 1 aromatic heterocycles. The maximum absolute atomic E-state index is 6.56. The van der Waals surface area contributed by atoms with Crippen LogP contribution in [0.3, 0.4) is 0 Å². The van der Waals surface area contributed by atoms with Crippen LogP contribution in [0.2, 0.25) is 18.1 Å². The Balaban J connectivity index is 2.97.